The lowest BCUT2D eigenvalue weighted by Gasteiger charge is -2.33. The lowest BCUT2D eigenvalue weighted by Crippen LogP contribution is -2.45. The molecule has 6 nitrogen and oxygen atoms in total. The van der Waals surface area contributed by atoms with Crippen molar-refractivity contribution in [3.8, 4) is 0 Å². The highest BCUT2D eigenvalue weighted by molar-refractivity contribution is 5.80. The minimum Gasteiger partial charge on any atom is -0.423 e. The summed E-state index contributed by atoms with van der Waals surface area (Å²) in [6.07, 6.45) is 0.581. The zero-order chi connectivity index (χ0) is 17.4. The highest BCUT2D eigenvalue weighted by atomic mass is 19.1. The fraction of sp³-hybridized carbons (Fsp3) is 0.556. The number of para-hydroxylation sites is 2. The number of fused-ring (bicyclic) bond motifs is 1. The molecule has 4 rings (SSSR count). The van der Waals surface area contributed by atoms with E-state index >= 15 is 0 Å². The predicted molar refractivity (Wildman–Crippen MR) is 91.0 cm³/mol. The number of aromatic nitrogens is 1. The molecule has 2 aliphatic heterocycles. The first-order valence-electron chi connectivity index (χ1n) is 8.81. The Balaban J connectivity index is 1.40. The second-order valence-corrected chi connectivity index (χ2v) is 6.89. The van der Waals surface area contributed by atoms with Crippen LogP contribution < -0.4 is 4.90 Å². The van der Waals surface area contributed by atoms with Crippen LogP contribution in [0.1, 0.15) is 19.3 Å². The molecule has 0 radical (unpaired) electrons. The lowest BCUT2D eigenvalue weighted by molar-refractivity contribution is -0.137. The average molecular weight is 347 g/mol. The predicted octanol–water partition coefficient (Wildman–Crippen LogP) is 1.98. The lowest BCUT2D eigenvalue weighted by atomic mass is 9.95. The second kappa shape index (κ2) is 6.63. The summed E-state index contributed by atoms with van der Waals surface area (Å²) >= 11 is 0. The van der Waals surface area contributed by atoms with Crippen molar-refractivity contribution in [2.24, 2.45) is 5.92 Å². The number of rotatable bonds is 3. The molecule has 0 unspecified atom stereocenters. The summed E-state index contributed by atoms with van der Waals surface area (Å²) in [5, 5.41) is 9.37. The van der Waals surface area contributed by atoms with Gasteiger partial charge in [0, 0.05) is 25.4 Å². The highest BCUT2D eigenvalue weighted by Gasteiger charge is 2.38. The van der Waals surface area contributed by atoms with Crippen molar-refractivity contribution >= 4 is 23.0 Å². The maximum atomic E-state index is 13.6. The Hall–Kier alpha value is -2.15. The maximum absolute atomic E-state index is 13.6. The van der Waals surface area contributed by atoms with Crippen LogP contribution in [0.2, 0.25) is 0 Å². The van der Waals surface area contributed by atoms with E-state index in [1.807, 2.05) is 24.3 Å². The number of aliphatic hydroxyl groups excluding tert-OH is 1. The van der Waals surface area contributed by atoms with Gasteiger partial charge in [0.05, 0.1) is 19.2 Å². The van der Waals surface area contributed by atoms with E-state index in [-0.39, 0.29) is 37.4 Å². The van der Waals surface area contributed by atoms with Gasteiger partial charge in [-0.2, -0.15) is 4.98 Å². The van der Waals surface area contributed by atoms with Crippen LogP contribution in [0.5, 0.6) is 0 Å². The number of aliphatic hydroxyl groups is 1. The van der Waals surface area contributed by atoms with E-state index in [1.54, 1.807) is 0 Å². The van der Waals surface area contributed by atoms with Gasteiger partial charge in [0.1, 0.15) is 11.7 Å². The van der Waals surface area contributed by atoms with E-state index in [1.165, 1.54) is 4.90 Å². The van der Waals surface area contributed by atoms with Crippen LogP contribution >= 0.6 is 0 Å². The van der Waals surface area contributed by atoms with E-state index in [2.05, 4.69) is 9.88 Å². The van der Waals surface area contributed by atoms with Gasteiger partial charge in [0.15, 0.2) is 5.58 Å². The van der Waals surface area contributed by atoms with Crippen molar-refractivity contribution in [2.45, 2.75) is 31.5 Å². The van der Waals surface area contributed by atoms with Crippen molar-refractivity contribution in [3.63, 3.8) is 0 Å². The number of alkyl halides is 1. The summed E-state index contributed by atoms with van der Waals surface area (Å²) in [5.41, 5.74) is 1.58. The second-order valence-electron chi connectivity index (χ2n) is 6.89. The van der Waals surface area contributed by atoms with Gasteiger partial charge in [-0.05, 0) is 25.0 Å². The number of benzene rings is 1. The normalized spacial score (nSPS) is 25.0. The van der Waals surface area contributed by atoms with Gasteiger partial charge in [0.25, 0.3) is 6.01 Å². The maximum Gasteiger partial charge on any atom is 0.298 e. The number of carbonyl (C=O) groups is 1. The van der Waals surface area contributed by atoms with Crippen molar-refractivity contribution in [2.75, 3.05) is 31.1 Å². The smallest absolute Gasteiger partial charge is 0.298 e. The fourth-order valence-corrected chi connectivity index (χ4v) is 3.85. The largest absolute Gasteiger partial charge is 0.423 e. The molecule has 0 spiro atoms. The summed E-state index contributed by atoms with van der Waals surface area (Å²) < 4.78 is 19.4. The first kappa shape index (κ1) is 16.3. The number of hydrogen-bond acceptors (Lipinski definition) is 5. The van der Waals surface area contributed by atoms with E-state index in [4.69, 9.17) is 4.42 Å². The first-order valence-corrected chi connectivity index (χ1v) is 8.81. The Morgan fingerprint density at radius 2 is 2.08 bits per heavy atom. The number of amides is 1. The molecule has 3 heterocycles. The zero-order valence-corrected chi connectivity index (χ0v) is 14.0. The van der Waals surface area contributed by atoms with E-state index in [0.717, 1.165) is 11.1 Å². The minimum absolute atomic E-state index is 0.0311. The van der Waals surface area contributed by atoms with Crippen LogP contribution in [0, 0.1) is 5.92 Å². The molecule has 1 N–H and O–H groups in total. The summed E-state index contributed by atoms with van der Waals surface area (Å²) in [6, 6.07) is 7.84. The summed E-state index contributed by atoms with van der Waals surface area (Å²) in [5.74, 6) is -0.156. The molecule has 2 atom stereocenters. The molecule has 0 bridgehead atoms. The molecule has 0 aliphatic carbocycles. The topological polar surface area (TPSA) is 69.8 Å². The minimum atomic E-state index is -1.03. The molecule has 2 fully saturated rings. The molecule has 134 valence electrons. The SMILES string of the molecule is O=C(C1CCN(c2nc3ccccc3o2)CC1)N1C[C@@H](F)C[C@H]1CO. The number of oxazole rings is 1. The van der Waals surface area contributed by atoms with Crippen molar-refractivity contribution in [3.05, 3.63) is 24.3 Å². The van der Waals surface area contributed by atoms with Crippen molar-refractivity contribution in [1.29, 1.82) is 0 Å². The van der Waals surface area contributed by atoms with Gasteiger partial charge in [-0.25, -0.2) is 4.39 Å². The molecular formula is C18H22FN3O3. The van der Waals surface area contributed by atoms with Gasteiger partial charge in [0.2, 0.25) is 5.91 Å². The van der Waals surface area contributed by atoms with Crippen LogP contribution in [0.4, 0.5) is 10.4 Å². The summed E-state index contributed by atoms with van der Waals surface area (Å²) in [4.78, 5) is 20.8. The monoisotopic (exact) mass is 347 g/mol. The van der Waals surface area contributed by atoms with E-state index in [0.29, 0.717) is 31.9 Å². The molecular weight excluding hydrogens is 325 g/mol. The van der Waals surface area contributed by atoms with Gasteiger partial charge in [-0.15, -0.1) is 0 Å². The van der Waals surface area contributed by atoms with E-state index < -0.39 is 6.17 Å². The number of likely N-dealkylation sites (tertiary alicyclic amines) is 1. The summed E-state index contributed by atoms with van der Waals surface area (Å²) in [7, 11) is 0. The molecule has 2 aromatic rings. The molecule has 1 aromatic carbocycles. The van der Waals surface area contributed by atoms with Crippen molar-refractivity contribution in [1.82, 2.24) is 9.88 Å². The number of halogens is 1. The third-order valence-corrected chi connectivity index (χ3v) is 5.25. The van der Waals surface area contributed by atoms with Crippen LogP contribution in [0.3, 0.4) is 0 Å². The van der Waals surface area contributed by atoms with Gasteiger partial charge in [-0.3, -0.25) is 4.79 Å². The number of hydrogen-bond donors (Lipinski definition) is 1. The van der Waals surface area contributed by atoms with Crippen LogP contribution in [-0.4, -0.2) is 59.4 Å². The third kappa shape index (κ3) is 3.08. The number of anilines is 1. The molecule has 0 saturated carbocycles. The molecule has 7 heteroatoms. The number of piperidine rings is 1. The summed E-state index contributed by atoms with van der Waals surface area (Å²) in [6.45, 7) is 1.29. The van der Waals surface area contributed by atoms with Crippen LogP contribution in [0.15, 0.2) is 28.7 Å². The van der Waals surface area contributed by atoms with Gasteiger partial charge >= 0.3 is 0 Å². The zero-order valence-electron chi connectivity index (χ0n) is 14.0. The standard InChI is InChI=1S/C18H22FN3O3/c19-13-9-14(11-23)22(10-13)17(24)12-5-7-21(8-6-12)18-20-15-3-1-2-4-16(15)25-18/h1-4,12-14,23H,5-11H2/t13-,14-/m0/s1. The molecule has 1 aromatic heterocycles. The van der Waals surface area contributed by atoms with Crippen LogP contribution in [0.25, 0.3) is 11.1 Å². The Labute approximate surface area is 145 Å². The first-order chi connectivity index (χ1) is 12.2. The Kier molecular flexibility index (Phi) is 4.33. The molecule has 2 aliphatic rings. The van der Waals surface area contributed by atoms with Crippen LogP contribution in [-0.2, 0) is 4.79 Å². The Morgan fingerprint density at radius 3 is 2.80 bits per heavy atom. The van der Waals surface area contributed by atoms with E-state index in [9.17, 15) is 14.3 Å². The third-order valence-electron chi connectivity index (χ3n) is 5.25. The quantitative estimate of drug-likeness (QED) is 0.919. The Morgan fingerprint density at radius 1 is 1.32 bits per heavy atom. The Bertz CT molecular complexity index is 724. The highest BCUT2D eigenvalue weighted by Crippen LogP contribution is 2.29. The van der Waals surface area contributed by atoms with Crippen molar-refractivity contribution < 1.29 is 18.7 Å². The molecule has 2 saturated heterocycles. The molecule has 1 amide bonds. The van der Waals surface area contributed by atoms with Gasteiger partial charge < -0.3 is 19.3 Å². The number of carbonyl (C=O) groups excluding carboxylic acids is 1. The molecule has 25 heavy (non-hydrogen) atoms. The fourth-order valence-electron chi connectivity index (χ4n) is 3.85. The number of nitrogens with zero attached hydrogens (tertiary/aromatic N) is 3. The average Bonchev–Trinajstić information content (AvgIpc) is 3.24. The van der Waals surface area contributed by atoms with Gasteiger partial charge in [-0.1, -0.05) is 12.1 Å².